The molecule has 5 heteroatoms. The van der Waals surface area contributed by atoms with Gasteiger partial charge in [0.15, 0.2) is 0 Å². The summed E-state index contributed by atoms with van der Waals surface area (Å²) in [4.78, 5) is 0. The van der Waals surface area contributed by atoms with Gasteiger partial charge < -0.3 is 4.74 Å². The maximum atomic E-state index is 13.1. The third-order valence-corrected chi connectivity index (χ3v) is 7.89. The third kappa shape index (κ3) is 7.66. The molecule has 1 unspecified atom stereocenters. The van der Waals surface area contributed by atoms with Gasteiger partial charge in [-0.05, 0) is 79.9 Å². The number of halogens is 4. The molecule has 2 aliphatic carbocycles. The van der Waals surface area contributed by atoms with Crippen molar-refractivity contribution in [3.63, 3.8) is 0 Å². The molecule has 1 atom stereocenters. The number of hydrogen-bond donors (Lipinski definition) is 0. The van der Waals surface area contributed by atoms with Crippen LogP contribution in [0.3, 0.4) is 0 Å². The van der Waals surface area contributed by atoms with E-state index in [-0.39, 0.29) is 5.75 Å². The Kier molecular flexibility index (Phi) is 9.73. The van der Waals surface area contributed by atoms with Crippen molar-refractivity contribution in [2.45, 2.75) is 115 Å². The number of benzene rings is 1. The lowest BCUT2D eigenvalue weighted by Crippen LogP contribution is -2.29. The molecule has 2 aliphatic rings. The Morgan fingerprint density at radius 2 is 1.38 bits per heavy atom. The van der Waals surface area contributed by atoms with Gasteiger partial charge in [0.2, 0.25) is 0 Å². The third-order valence-electron chi connectivity index (χ3n) is 7.89. The van der Waals surface area contributed by atoms with E-state index in [0.29, 0.717) is 5.92 Å². The summed E-state index contributed by atoms with van der Waals surface area (Å²) >= 11 is 0. The van der Waals surface area contributed by atoms with Crippen LogP contribution in [-0.4, -0.2) is 12.5 Å². The molecular formula is C27H40F4O. The summed E-state index contributed by atoms with van der Waals surface area (Å²) in [6.07, 6.45) is 10.4. The van der Waals surface area contributed by atoms with Crippen LogP contribution in [0.15, 0.2) is 24.3 Å². The van der Waals surface area contributed by atoms with Crippen molar-refractivity contribution in [1.29, 1.82) is 0 Å². The predicted molar refractivity (Wildman–Crippen MR) is 122 cm³/mol. The van der Waals surface area contributed by atoms with Gasteiger partial charge in [0.05, 0.1) is 0 Å². The van der Waals surface area contributed by atoms with Gasteiger partial charge in [0.1, 0.15) is 5.75 Å². The van der Waals surface area contributed by atoms with E-state index < -0.39 is 12.5 Å². The highest BCUT2D eigenvalue weighted by molar-refractivity contribution is 5.30. The van der Waals surface area contributed by atoms with Gasteiger partial charge in [0.25, 0.3) is 0 Å². The second-order valence-electron chi connectivity index (χ2n) is 10.1. The number of ether oxygens (including phenoxy) is 1. The summed E-state index contributed by atoms with van der Waals surface area (Å²) in [6.45, 7) is 2.27. The van der Waals surface area contributed by atoms with Gasteiger partial charge >= 0.3 is 12.5 Å². The smallest absolute Gasteiger partial charge is 0.452 e. The lowest BCUT2D eigenvalue weighted by molar-refractivity contribution is -0.236. The van der Waals surface area contributed by atoms with Crippen molar-refractivity contribution >= 4 is 0 Å². The summed E-state index contributed by atoms with van der Waals surface area (Å²) in [5.41, 5.74) is 1.13. The van der Waals surface area contributed by atoms with E-state index in [1.807, 2.05) is 0 Å². The highest BCUT2D eigenvalue weighted by Gasteiger charge is 2.42. The first-order valence-electron chi connectivity index (χ1n) is 12.8. The van der Waals surface area contributed by atoms with Crippen LogP contribution >= 0.6 is 0 Å². The molecule has 0 aliphatic heterocycles. The molecule has 0 N–H and O–H groups in total. The second kappa shape index (κ2) is 12.3. The van der Waals surface area contributed by atoms with Crippen LogP contribution in [0.4, 0.5) is 17.6 Å². The molecule has 1 aromatic carbocycles. The maximum Gasteiger partial charge on any atom is 0.457 e. The van der Waals surface area contributed by atoms with Crippen molar-refractivity contribution in [3.05, 3.63) is 29.8 Å². The van der Waals surface area contributed by atoms with E-state index in [9.17, 15) is 17.6 Å². The standard InChI is InChI=1S/C27H40F4O/c1-2-3-4-5-6-7-20-8-10-21(11-9-20)22-12-14-23(15-13-22)24-16-18-25(19-17-24)32-26(28)27(29,30)31/h16-23,26H,2-15H2,1H3. The normalized spacial score (nSPS) is 27.8. The fourth-order valence-corrected chi connectivity index (χ4v) is 5.91. The zero-order valence-electron chi connectivity index (χ0n) is 19.5. The quantitative estimate of drug-likeness (QED) is 0.252. The zero-order valence-corrected chi connectivity index (χ0v) is 19.5. The molecule has 0 aromatic heterocycles. The summed E-state index contributed by atoms with van der Waals surface area (Å²) in [5, 5.41) is 0. The first kappa shape index (κ1) is 25.4. The van der Waals surface area contributed by atoms with Crippen LogP contribution in [0.25, 0.3) is 0 Å². The Morgan fingerprint density at radius 3 is 1.94 bits per heavy atom. The van der Waals surface area contributed by atoms with Gasteiger partial charge in [-0.1, -0.05) is 70.4 Å². The van der Waals surface area contributed by atoms with Crippen LogP contribution in [0.2, 0.25) is 0 Å². The summed E-state index contributed by atoms with van der Waals surface area (Å²) < 4.78 is 54.4. The molecule has 0 radical (unpaired) electrons. The predicted octanol–water partition coefficient (Wildman–Crippen LogP) is 9.36. The SMILES string of the molecule is CCCCCCCC1CCC(C2CCC(c3ccc(OC(F)C(F)(F)F)cc3)CC2)CC1. The minimum absolute atomic E-state index is 0.0746. The average molecular weight is 457 g/mol. The Hall–Kier alpha value is -1.26. The van der Waals surface area contributed by atoms with Crippen molar-refractivity contribution in [3.8, 4) is 5.75 Å². The Balaban J connectivity index is 1.36. The molecule has 1 aromatic rings. The number of hydrogen-bond acceptors (Lipinski definition) is 1. The van der Waals surface area contributed by atoms with Crippen molar-refractivity contribution in [2.75, 3.05) is 0 Å². The van der Waals surface area contributed by atoms with Crippen molar-refractivity contribution in [1.82, 2.24) is 0 Å². The molecule has 2 saturated carbocycles. The first-order chi connectivity index (χ1) is 15.4. The van der Waals surface area contributed by atoms with Crippen molar-refractivity contribution in [2.24, 2.45) is 17.8 Å². The molecule has 32 heavy (non-hydrogen) atoms. The van der Waals surface area contributed by atoms with E-state index in [1.54, 1.807) is 12.1 Å². The molecule has 182 valence electrons. The lowest BCUT2D eigenvalue weighted by Gasteiger charge is -2.38. The average Bonchev–Trinajstić information content (AvgIpc) is 2.79. The summed E-state index contributed by atoms with van der Waals surface area (Å²) in [6, 6.07) is 6.52. The van der Waals surface area contributed by atoms with E-state index in [1.165, 1.54) is 89.2 Å². The fraction of sp³-hybridized carbons (Fsp3) is 0.778. The Labute approximate surface area is 191 Å². The summed E-state index contributed by atoms with van der Waals surface area (Å²) in [5.74, 6) is 3.04. The van der Waals surface area contributed by atoms with Crippen molar-refractivity contribution < 1.29 is 22.3 Å². The molecule has 0 heterocycles. The van der Waals surface area contributed by atoms with E-state index in [2.05, 4.69) is 11.7 Å². The highest BCUT2D eigenvalue weighted by atomic mass is 19.4. The number of unbranched alkanes of at least 4 members (excludes halogenated alkanes) is 4. The van der Waals surface area contributed by atoms with Gasteiger partial charge in [-0.15, -0.1) is 0 Å². The molecule has 2 fully saturated rings. The van der Waals surface area contributed by atoms with E-state index >= 15 is 0 Å². The van der Waals surface area contributed by atoms with Gasteiger partial charge in [-0.3, -0.25) is 0 Å². The van der Waals surface area contributed by atoms with Crippen LogP contribution in [-0.2, 0) is 0 Å². The molecular weight excluding hydrogens is 416 g/mol. The van der Waals surface area contributed by atoms with Gasteiger partial charge in [-0.2, -0.15) is 17.6 Å². The number of alkyl halides is 4. The highest BCUT2D eigenvalue weighted by Crippen LogP contribution is 2.44. The second-order valence-corrected chi connectivity index (χ2v) is 10.1. The van der Waals surface area contributed by atoms with E-state index in [4.69, 9.17) is 0 Å². The van der Waals surface area contributed by atoms with Crippen LogP contribution < -0.4 is 4.74 Å². The summed E-state index contributed by atoms with van der Waals surface area (Å²) in [7, 11) is 0. The molecule has 0 bridgehead atoms. The van der Waals surface area contributed by atoms with E-state index in [0.717, 1.165) is 36.2 Å². The number of rotatable bonds is 10. The topological polar surface area (TPSA) is 9.23 Å². The monoisotopic (exact) mass is 456 g/mol. The Morgan fingerprint density at radius 1 is 0.812 bits per heavy atom. The molecule has 0 amide bonds. The minimum atomic E-state index is -5.00. The Bertz CT molecular complexity index is 641. The van der Waals surface area contributed by atoms with Crippen LogP contribution in [0.1, 0.15) is 108 Å². The fourth-order valence-electron chi connectivity index (χ4n) is 5.91. The lowest BCUT2D eigenvalue weighted by atomic mass is 9.68. The molecule has 1 nitrogen and oxygen atoms in total. The van der Waals surface area contributed by atoms with Crippen LogP contribution in [0.5, 0.6) is 5.75 Å². The van der Waals surface area contributed by atoms with Gasteiger partial charge in [0, 0.05) is 0 Å². The van der Waals surface area contributed by atoms with Crippen LogP contribution in [0, 0.1) is 17.8 Å². The first-order valence-corrected chi connectivity index (χ1v) is 12.8. The molecule has 3 rings (SSSR count). The zero-order chi connectivity index (χ0) is 23.0. The minimum Gasteiger partial charge on any atom is -0.452 e. The maximum absolute atomic E-state index is 13.1. The van der Waals surface area contributed by atoms with Gasteiger partial charge in [-0.25, -0.2) is 0 Å². The largest absolute Gasteiger partial charge is 0.457 e. The molecule has 0 spiro atoms. The molecule has 0 saturated heterocycles.